The van der Waals surface area contributed by atoms with E-state index in [0.29, 0.717) is 24.8 Å². The van der Waals surface area contributed by atoms with Crippen LogP contribution < -0.4 is 5.32 Å². The van der Waals surface area contributed by atoms with Crippen LogP contribution in [0.1, 0.15) is 50.8 Å². The zero-order valence-electron chi connectivity index (χ0n) is 18.6. The van der Waals surface area contributed by atoms with Gasteiger partial charge in [0.25, 0.3) is 0 Å². The normalized spacial score (nSPS) is 16.8. The minimum absolute atomic E-state index is 0.0780. The number of hydrogen-bond acceptors (Lipinski definition) is 3. The second-order valence-corrected chi connectivity index (χ2v) is 10.7. The Morgan fingerprint density at radius 3 is 2.28 bits per heavy atom. The predicted molar refractivity (Wildman–Crippen MR) is 119 cm³/mol. The summed E-state index contributed by atoms with van der Waals surface area (Å²) in [7, 11) is -4.16. The first-order chi connectivity index (χ1) is 15.1. The molecule has 5 nitrogen and oxygen atoms in total. The van der Waals surface area contributed by atoms with Crippen molar-refractivity contribution in [1.29, 1.82) is 0 Å². The molecule has 32 heavy (non-hydrogen) atoms. The predicted octanol–water partition coefficient (Wildman–Crippen LogP) is 4.44. The molecule has 174 valence electrons. The van der Waals surface area contributed by atoms with Crippen molar-refractivity contribution in [2.45, 2.75) is 51.0 Å². The van der Waals surface area contributed by atoms with Gasteiger partial charge < -0.3 is 5.32 Å². The van der Waals surface area contributed by atoms with Gasteiger partial charge in [0.15, 0.2) is 0 Å². The van der Waals surface area contributed by atoms with Crippen LogP contribution in [0.3, 0.4) is 0 Å². The number of nitrogens with one attached hydrogen (secondary N) is 1. The van der Waals surface area contributed by atoms with Crippen LogP contribution in [0.25, 0.3) is 0 Å². The van der Waals surface area contributed by atoms with Gasteiger partial charge in [-0.25, -0.2) is 17.2 Å². The van der Waals surface area contributed by atoms with Crippen LogP contribution in [0.5, 0.6) is 0 Å². The van der Waals surface area contributed by atoms with Gasteiger partial charge in [-0.05, 0) is 61.4 Å². The lowest BCUT2D eigenvalue weighted by Crippen LogP contribution is -2.43. The molecule has 0 aromatic heterocycles. The largest absolute Gasteiger partial charge is 0.349 e. The summed E-state index contributed by atoms with van der Waals surface area (Å²) >= 11 is 0. The summed E-state index contributed by atoms with van der Waals surface area (Å²) < 4.78 is 54.0. The van der Waals surface area contributed by atoms with Gasteiger partial charge >= 0.3 is 0 Å². The fourth-order valence-electron chi connectivity index (χ4n) is 4.00. The van der Waals surface area contributed by atoms with Gasteiger partial charge in [-0.15, -0.1) is 0 Å². The number of piperidine rings is 1. The summed E-state index contributed by atoms with van der Waals surface area (Å²) in [6.07, 6.45) is 1.64. The Hall–Kier alpha value is -2.32. The van der Waals surface area contributed by atoms with Crippen LogP contribution in [0.2, 0.25) is 0 Å². The van der Waals surface area contributed by atoms with Gasteiger partial charge in [-0.1, -0.05) is 38.1 Å². The highest BCUT2D eigenvalue weighted by molar-refractivity contribution is 7.89. The number of halogens is 2. The highest BCUT2D eigenvalue weighted by Crippen LogP contribution is 2.27. The maximum atomic E-state index is 14.0. The maximum Gasteiger partial charge on any atom is 0.246 e. The van der Waals surface area contributed by atoms with Crippen molar-refractivity contribution in [1.82, 2.24) is 9.62 Å². The number of carbonyl (C=O) groups excluding carboxylic acids is 1. The molecule has 0 spiro atoms. The number of nitrogens with zero attached hydrogens (tertiary/aromatic N) is 1. The number of amides is 1. The van der Waals surface area contributed by atoms with E-state index in [9.17, 15) is 22.0 Å². The van der Waals surface area contributed by atoms with Crippen molar-refractivity contribution in [3.8, 4) is 0 Å². The molecule has 2 aromatic carbocycles. The Morgan fingerprint density at radius 2 is 1.69 bits per heavy atom. The first-order valence-corrected chi connectivity index (χ1v) is 12.4. The van der Waals surface area contributed by atoms with Gasteiger partial charge in [-0.3, -0.25) is 4.79 Å². The van der Waals surface area contributed by atoms with Gasteiger partial charge in [-0.2, -0.15) is 4.31 Å². The highest BCUT2D eigenvalue weighted by atomic mass is 32.2. The number of rotatable bonds is 7. The molecule has 0 bridgehead atoms. The summed E-state index contributed by atoms with van der Waals surface area (Å²) in [5.74, 6) is -1.69. The molecule has 0 radical (unpaired) electrons. The SMILES string of the molecule is CC(C)Cc1ccc(C(C)NC(=O)C2CCN(S(=O)(=O)c3cc(F)ccc3F)CC2)cc1. The summed E-state index contributed by atoms with van der Waals surface area (Å²) in [5, 5.41) is 3.01. The Balaban J connectivity index is 1.57. The van der Waals surface area contributed by atoms with Crippen molar-refractivity contribution in [2.24, 2.45) is 11.8 Å². The van der Waals surface area contributed by atoms with Crippen molar-refractivity contribution >= 4 is 15.9 Å². The Morgan fingerprint density at radius 1 is 1.06 bits per heavy atom. The molecule has 2 aromatic rings. The van der Waals surface area contributed by atoms with Crippen LogP contribution in [-0.2, 0) is 21.2 Å². The molecule has 1 saturated heterocycles. The van der Waals surface area contributed by atoms with Gasteiger partial charge in [0, 0.05) is 19.0 Å². The van der Waals surface area contributed by atoms with Crippen LogP contribution in [-0.4, -0.2) is 31.7 Å². The lowest BCUT2D eigenvalue weighted by atomic mass is 9.96. The fourth-order valence-corrected chi connectivity index (χ4v) is 5.55. The standard InChI is InChI=1S/C24H30F2N2O3S/c1-16(2)14-18-4-6-19(7-5-18)17(3)27-24(29)20-10-12-28(13-11-20)32(30,31)23-15-21(25)8-9-22(23)26/h4-9,15-17,20H,10-14H2,1-3H3,(H,27,29). The summed E-state index contributed by atoms with van der Waals surface area (Å²) in [6, 6.07) is 10.4. The second-order valence-electron chi connectivity index (χ2n) is 8.82. The van der Waals surface area contributed by atoms with Gasteiger partial charge in [0.1, 0.15) is 16.5 Å². The molecule has 1 atom stereocenters. The molecule has 1 aliphatic rings. The van der Waals surface area contributed by atoms with Crippen molar-refractivity contribution < 1.29 is 22.0 Å². The summed E-state index contributed by atoms with van der Waals surface area (Å²) in [5.41, 5.74) is 2.26. The topological polar surface area (TPSA) is 66.5 Å². The molecule has 1 aliphatic heterocycles. The van der Waals surface area contributed by atoms with E-state index in [4.69, 9.17) is 0 Å². The van der Waals surface area contributed by atoms with E-state index in [1.165, 1.54) is 5.56 Å². The summed E-state index contributed by atoms with van der Waals surface area (Å²) in [4.78, 5) is 12.1. The zero-order valence-corrected chi connectivity index (χ0v) is 19.5. The molecule has 0 aliphatic carbocycles. The van der Waals surface area contributed by atoms with E-state index in [1.54, 1.807) is 0 Å². The van der Waals surface area contributed by atoms with Crippen LogP contribution >= 0.6 is 0 Å². The third kappa shape index (κ3) is 5.72. The molecule has 1 fully saturated rings. The minimum atomic E-state index is -4.16. The first kappa shape index (κ1) is 24.3. The Labute approximate surface area is 188 Å². The van der Waals surface area contributed by atoms with E-state index in [-0.39, 0.29) is 31.0 Å². The van der Waals surface area contributed by atoms with Crippen molar-refractivity contribution in [3.05, 3.63) is 65.2 Å². The Bertz CT molecular complexity index is 1050. The smallest absolute Gasteiger partial charge is 0.246 e. The quantitative estimate of drug-likeness (QED) is 0.659. The Kier molecular flexibility index (Phi) is 7.67. The second kappa shape index (κ2) is 10.1. The number of hydrogen-bond donors (Lipinski definition) is 1. The van der Waals surface area contributed by atoms with Crippen LogP contribution in [0.15, 0.2) is 47.4 Å². The van der Waals surface area contributed by atoms with E-state index < -0.39 is 26.6 Å². The van der Waals surface area contributed by atoms with E-state index >= 15 is 0 Å². The number of sulfonamides is 1. The molecule has 1 heterocycles. The average molecular weight is 465 g/mol. The first-order valence-electron chi connectivity index (χ1n) is 10.9. The number of carbonyl (C=O) groups is 1. The van der Waals surface area contributed by atoms with E-state index in [1.807, 2.05) is 19.1 Å². The molecule has 8 heteroatoms. The van der Waals surface area contributed by atoms with Crippen molar-refractivity contribution in [2.75, 3.05) is 13.1 Å². The zero-order chi connectivity index (χ0) is 23.5. The third-order valence-corrected chi connectivity index (χ3v) is 7.73. The molecule has 1 unspecified atom stereocenters. The fraction of sp³-hybridized carbons (Fsp3) is 0.458. The van der Waals surface area contributed by atoms with Gasteiger partial charge in [0.05, 0.1) is 6.04 Å². The van der Waals surface area contributed by atoms with Gasteiger partial charge in [0.2, 0.25) is 15.9 Å². The lowest BCUT2D eigenvalue weighted by Gasteiger charge is -2.31. The minimum Gasteiger partial charge on any atom is -0.349 e. The average Bonchev–Trinajstić information content (AvgIpc) is 2.75. The molecule has 1 amide bonds. The highest BCUT2D eigenvalue weighted by Gasteiger charge is 2.34. The van der Waals surface area contributed by atoms with Crippen LogP contribution in [0, 0.1) is 23.5 Å². The molecule has 3 rings (SSSR count). The molecule has 1 N–H and O–H groups in total. The third-order valence-electron chi connectivity index (χ3n) is 5.82. The molecular weight excluding hydrogens is 434 g/mol. The summed E-state index contributed by atoms with van der Waals surface area (Å²) in [6.45, 7) is 6.41. The maximum absolute atomic E-state index is 14.0. The number of benzene rings is 2. The molecular formula is C24H30F2N2O3S. The lowest BCUT2D eigenvalue weighted by molar-refractivity contribution is -0.126. The molecule has 0 saturated carbocycles. The van der Waals surface area contributed by atoms with E-state index in [2.05, 4.69) is 31.3 Å². The monoisotopic (exact) mass is 464 g/mol. The van der Waals surface area contributed by atoms with Crippen LogP contribution in [0.4, 0.5) is 8.78 Å². The van der Waals surface area contributed by atoms with E-state index in [0.717, 1.165) is 28.4 Å². The van der Waals surface area contributed by atoms with Crippen molar-refractivity contribution in [3.63, 3.8) is 0 Å².